The Bertz CT molecular complexity index is 512. The molecule has 20 heavy (non-hydrogen) atoms. The monoisotopic (exact) mass is 341 g/mol. The van der Waals surface area contributed by atoms with E-state index in [4.69, 9.17) is 9.47 Å². The molecule has 0 atom stereocenters. The third kappa shape index (κ3) is 2.54. The van der Waals surface area contributed by atoms with Crippen LogP contribution in [0.1, 0.15) is 19.4 Å². The number of hydrogen-bond acceptors (Lipinski definition) is 4. The molecular formula is C15H20BrNO3. The first-order chi connectivity index (χ1) is 9.48. The Labute approximate surface area is 127 Å². The highest BCUT2D eigenvalue weighted by Gasteiger charge is 2.43. The molecule has 2 heterocycles. The number of benzene rings is 1. The lowest BCUT2D eigenvalue weighted by molar-refractivity contribution is -0.130. The highest BCUT2D eigenvalue weighted by molar-refractivity contribution is 9.10. The molecule has 1 aromatic rings. The van der Waals surface area contributed by atoms with Crippen LogP contribution in [-0.4, -0.2) is 41.9 Å². The van der Waals surface area contributed by atoms with E-state index in [0.717, 1.165) is 35.6 Å². The van der Waals surface area contributed by atoms with Gasteiger partial charge in [0.05, 0.1) is 5.60 Å². The van der Waals surface area contributed by atoms with Gasteiger partial charge in [-0.25, -0.2) is 0 Å². The zero-order chi connectivity index (χ0) is 14.3. The van der Waals surface area contributed by atoms with Crippen LogP contribution in [0.4, 0.5) is 0 Å². The Morgan fingerprint density at radius 3 is 2.45 bits per heavy atom. The number of rotatable bonds is 3. The van der Waals surface area contributed by atoms with Crippen LogP contribution in [-0.2, 0) is 6.54 Å². The summed E-state index contributed by atoms with van der Waals surface area (Å²) >= 11 is 3.59. The molecule has 1 aromatic carbocycles. The van der Waals surface area contributed by atoms with Gasteiger partial charge in [0.2, 0.25) is 0 Å². The molecule has 1 fully saturated rings. The predicted octanol–water partition coefficient (Wildman–Crippen LogP) is 2.42. The normalized spacial score (nSPS) is 20.9. The fourth-order valence-corrected chi connectivity index (χ4v) is 3.12. The maximum atomic E-state index is 10.3. The highest BCUT2D eigenvalue weighted by atomic mass is 79.9. The Hall–Kier alpha value is -0.780. The highest BCUT2D eigenvalue weighted by Crippen LogP contribution is 2.37. The first-order valence-corrected chi connectivity index (χ1v) is 7.80. The largest absolute Gasteiger partial charge is 0.486 e. The summed E-state index contributed by atoms with van der Waals surface area (Å²) in [5.41, 5.74) is 0.639. The van der Waals surface area contributed by atoms with Gasteiger partial charge in [-0.3, -0.25) is 4.90 Å². The smallest absolute Gasteiger partial charge is 0.162 e. The fraction of sp³-hybridized carbons (Fsp3) is 0.600. The molecule has 0 amide bonds. The van der Waals surface area contributed by atoms with Gasteiger partial charge >= 0.3 is 0 Å². The van der Waals surface area contributed by atoms with E-state index in [2.05, 4.69) is 34.7 Å². The van der Waals surface area contributed by atoms with Crippen LogP contribution < -0.4 is 9.47 Å². The molecule has 0 bridgehead atoms. The molecule has 5 heteroatoms. The summed E-state index contributed by atoms with van der Waals surface area (Å²) in [4.78, 5) is 2.25. The number of fused-ring (bicyclic) bond motifs is 1. The summed E-state index contributed by atoms with van der Waals surface area (Å²) in [6, 6.07) is 4.00. The van der Waals surface area contributed by atoms with Crippen LogP contribution >= 0.6 is 15.9 Å². The van der Waals surface area contributed by atoms with Crippen molar-refractivity contribution in [2.45, 2.75) is 26.0 Å². The van der Waals surface area contributed by atoms with E-state index in [9.17, 15) is 5.11 Å². The van der Waals surface area contributed by atoms with Crippen LogP contribution in [0.25, 0.3) is 0 Å². The summed E-state index contributed by atoms with van der Waals surface area (Å²) in [5.74, 6) is 1.91. The SMILES string of the molecule is CC(C)C1(O)CN(Cc2cc3c(cc2Br)OCCO3)C1. The molecule has 2 aliphatic rings. The number of likely N-dealkylation sites (tertiary alicyclic amines) is 1. The van der Waals surface area contributed by atoms with Gasteiger partial charge in [-0.15, -0.1) is 0 Å². The lowest BCUT2D eigenvalue weighted by atomic mass is 9.83. The molecule has 3 rings (SSSR count). The zero-order valence-electron chi connectivity index (χ0n) is 11.9. The molecule has 0 spiro atoms. The first kappa shape index (κ1) is 14.2. The molecule has 0 radical (unpaired) electrons. The van der Waals surface area contributed by atoms with Crippen molar-refractivity contribution in [3.8, 4) is 11.5 Å². The second-order valence-corrected chi connectivity index (χ2v) is 6.85. The molecule has 0 aliphatic carbocycles. The Morgan fingerprint density at radius 1 is 1.25 bits per heavy atom. The van der Waals surface area contributed by atoms with Gasteiger partial charge in [0.15, 0.2) is 11.5 Å². The van der Waals surface area contributed by atoms with Crippen LogP contribution in [0.2, 0.25) is 0 Å². The summed E-state index contributed by atoms with van der Waals surface area (Å²) in [6.07, 6.45) is 0. The number of β-amino-alcohol motifs (C(OH)–C–C–N with tert-alkyl or cyclic N) is 1. The lowest BCUT2D eigenvalue weighted by Gasteiger charge is -2.49. The predicted molar refractivity (Wildman–Crippen MR) is 80.2 cm³/mol. The second kappa shape index (κ2) is 5.20. The van der Waals surface area contributed by atoms with Crippen molar-refractivity contribution >= 4 is 15.9 Å². The van der Waals surface area contributed by atoms with E-state index in [1.54, 1.807) is 0 Å². The van der Waals surface area contributed by atoms with Crippen LogP contribution in [0.15, 0.2) is 16.6 Å². The van der Waals surface area contributed by atoms with Crippen molar-refractivity contribution in [2.24, 2.45) is 5.92 Å². The van der Waals surface area contributed by atoms with Crippen LogP contribution in [0.5, 0.6) is 11.5 Å². The maximum Gasteiger partial charge on any atom is 0.162 e. The third-order valence-electron chi connectivity index (χ3n) is 4.17. The van der Waals surface area contributed by atoms with E-state index in [-0.39, 0.29) is 0 Å². The van der Waals surface area contributed by atoms with Crippen molar-refractivity contribution in [1.82, 2.24) is 4.90 Å². The number of halogens is 1. The van der Waals surface area contributed by atoms with E-state index in [1.165, 1.54) is 5.56 Å². The summed E-state index contributed by atoms with van der Waals surface area (Å²) in [7, 11) is 0. The quantitative estimate of drug-likeness (QED) is 0.916. The van der Waals surface area contributed by atoms with E-state index in [0.29, 0.717) is 19.1 Å². The van der Waals surface area contributed by atoms with Gasteiger partial charge < -0.3 is 14.6 Å². The van der Waals surface area contributed by atoms with Crippen LogP contribution in [0, 0.1) is 5.92 Å². The Morgan fingerprint density at radius 2 is 1.85 bits per heavy atom. The van der Waals surface area contributed by atoms with Gasteiger partial charge in [-0.05, 0) is 23.6 Å². The summed E-state index contributed by atoms with van der Waals surface area (Å²) in [5, 5.41) is 10.3. The molecule has 0 aromatic heterocycles. The summed E-state index contributed by atoms with van der Waals surface area (Å²) < 4.78 is 12.2. The van der Waals surface area contributed by atoms with Crippen molar-refractivity contribution in [1.29, 1.82) is 0 Å². The van der Waals surface area contributed by atoms with E-state index < -0.39 is 5.60 Å². The molecule has 0 saturated carbocycles. The topological polar surface area (TPSA) is 41.9 Å². The standard InChI is InChI=1S/C15H20BrNO3/c1-10(2)15(18)8-17(9-15)7-11-5-13-14(6-12(11)16)20-4-3-19-13/h5-6,10,18H,3-4,7-9H2,1-2H3. The lowest BCUT2D eigenvalue weighted by Crippen LogP contribution is -2.63. The Balaban J connectivity index is 1.70. The van der Waals surface area contributed by atoms with Crippen molar-refractivity contribution in [2.75, 3.05) is 26.3 Å². The first-order valence-electron chi connectivity index (χ1n) is 7.01. The third-order valence-corrected chi connectivity index (χ3v) is 4.91. The van der Waals surface area contributed by atoms with Crippen molar-refractivity contribution < 1.29 is 14.6 Å². The molecule has 110 valence electrons. The van der Waals surface area contributed by atoms with E-state index in [1.807, 2.05) is 12.1 Å². The summed E-state index contributed by atoms with van der Waals surface area (Å²) in [6.45, 7) is 7.61. The second-order valence-electron chi connectivity index (χ2n) is 5.99. The average Bonchev–Trinajstić information content (AvgIpc) is 2.37. The van der Waals surface area contributed by atoms with Gasteiger partial charge in [0.25, 0.3) is 0 Å². The van der Waals surface area contributed by atoms with Gasteiger partial charge in [0.1, 0.15) is 13.2 Å². The van der Waals surface area contributed by atoms with Crippen LogP contribution in [0.3, 0.4) is 0 Å². The minimum Gasteiger partial charge on any atom is -0.486 e. The van der Waals surface area contributed by atoms with E-state index >= 15 is 0 Å². The molecule has 1 saturated heterocycles. The molecule has 2 aliphatic heterocycles. The van der Waals surface area contributed by atoms with Gasteiger partial charge in [0, 0.05) is 24.1 Å². The molecular weight excluding hydrogens is 322 g/mol. The zero-order valence-corrected chi connectivity index (χ0v) is 13.4. The number of nitrogens with zero attached hydrogens (tertiary/aromatic N) is 1. The molecule has 0 unspecified atom stereocenters. The Kier molecular flexibility index (Phi) is 3.69. The van der Waals surface area contributed by atoms with Gasteiger partial charge in [-0.2, -0.15) is 0 Å². The van der Waals surface area contributed by atoms with Crippen molar-refractivity contribution in [3.63, 3.8) is 0 Å². The molecule has 1 N–H and O–H groups in total. The number of aliphatic hydroxyl groups is 1. The van der Waals surface area contributed by atoms with Gasteiger partial charge in [-0.1, -0.05) is 29.8 Å². The van der Waals surface area contributed by atoms with Crippen molar-refractivity contribution in [3.05, 3.63) is 22.2 Å². The fourth-order valence-electron chi connectivity index (χ4n) is 2.67. The maximum absolute atomic E-state index is 10.3. The number of hydrogen-bond donors (Lipinski definition) is 1. The molecule has 4 nitrogen and oxygen atoms in total. The number of ether oxygens (including phenoxy) is 2. The minimum atomic E-state index is -0.527. The average molecular weight is 342 g/mol. The minimum absolute atomic E-state index is 0.294.